The van der Waals surface area contributed by atoms with Gasteiger partial charge in [0.2, 0.25) is 0 Å². The molecule has 22 heavy (non-hydrogen) atoms. The molecule has 1 saturated carbocycles. The van der Waals surface area contributed by atoms with E-state index in [1.807, 2.05) is 27.7 Å². The maximum Gasteiger partial charge on any atom is 0.407 e. The molecule has 0 bridgehead atoms. The van der Waals surface area contributed by atoms with E-state index in [1.165, 1.54) is 18.2 Å². The number of ether oxygens (including phenoxy) is 1. The number of carbonyl (C=O) groups excluding carboxylic acids is 1. The van der Waals surface area contributed by atoms with Crippen LogP contribution in [0.1, 0.15) is 45.7 Å². The van der Waals surface area contributed by atoms with Crippen molar-refractivity contribution in [3.63, 3.8) is 0 Å². The van der Waals surface area contributed by atoms with E-state index in [-0.39, 0.29) is 29.6 Å². The van der Waals surface area contributed by atoms with Gasteiger partial charge in [-0.25, -0.2) is 4.79 Å². The fourth-order valence-electron chi connectivity index (χ4n) is 2.30. The van der Waals surface area contributed by atoms with E-state index in [1.54, 1.807) is 0 Å². The smallest absolute Gasteiger partial charge is 0.407 e. The van der Waals surface area contributed by atoms with Crippen molar-refractivity contribution in [3.05, 3.63) is 23.8 Å². The predicted molar refractivity (Wildman–Crippen MR) is 82.9 cm³/mol. The average Bonchev–Trinajstić information content (AvgIpc) is 3.07. The molecule has 6 nitrogen and oxygen atoms in total. The van der Waals surface area contributed by atoms with Crippen molar-refractivity contribution >= 4 is 6.09 Å². The van der Waals surface area contributed by atoms with Gasteiger partial charge in [0.1, 0.15) is 17.1 Å². The highest BCUT2D eigenvalue weighted by molar-refractivity contribution is 5.68. The Morgan fingerprint density at radius 2 is 2.00 bits per heavy atom. The summed E-state index contributed by atoms with van der Waals surface area (Å²) in [6, 6.07) is 4.46. The van der Waals surface area contributed by atoms with Crippen molar-refractivity contribution in [2.75, 3.05) is 0 Å². The Kier molecular flexibility index (Phi) is 4.51. The number of amides is 1. The number of aromatic hydroxyl groups is 2. The molecule has 4 N–H and O–H groups in total. The van der Waals surface area contributed by atoms with E-state index in [9.17, 15) is 15.0 Å². The molecule has 1 amide bonds. The summed E-state index contributed by atoms with van der Waals surface area (Å²) in [5.41, 5.74) is 0.116. The normalized spacial score (nSPS) is 22.0. The van der Waals surface area contributed by atoms with Gasteiger partial charge in [-0.1, -0.05) is 0 Å². The second-order valence-electron chi connectivity index (χ2n) is 6.73. The van der Waals surface area contributed by atoms with Gasteiger partial charge in [-0.15, -0.1) is 0 Å². The summed E-state index contributed by atoms with van der Waals surface area (Å²) >= 11 is 0. The Bertz CT molecular complexity index is 554. The lowest BCUT2D eigenvalue weighted by molar-refractivity contribution is 0.0522. The first kappa shape index (κ1) is 16.4. The first-order chi connectivity index (χ1) is 10.2. The number of phenolic OH excluding ortho intramolecular Hbond substituents is 2. The summed E-state index contributed by atoms with van der Waals surface area (Å²) in [5, 5.41) is 25.5. The second-order valence-corrected chi connectivity index (χ2v) is 6.73. The molecule has 122 valence electrons. The summed E-state index contributed by atoms with van der Waals surface area (Å²) in [6.07, 6.45) is 0.387. The highest BCUT2D eigenvalue weighted by Gasteiger charge is 2.40. The number of carbonyl (C=O) groups is 1. The molecule has 2 rings (SSSR count). The van der Waals surface area contributed by atoms with E-state index in [4.69, 9.17) is 4.74 Å². The van der Waals surface area contributed by atoms with Crippen LogP contribution in [0.5, 0.6) is 11.5 Å². The molecule has 0 heterocycles. The largest absolute Gasteiger partial charge is 0.508 e. The SMILES string of the molecule is CC(NC1CC1NC(=O)OC(C)(C)C)c1cc(O)ccc1O. The van der Waals surface area contributed by atoms with E-state index < -0.39 is 11.7 Å². The predicted octanol–water partition coefficient (Wildman–Crippen LogP) is 2.41. The number of benzene rings is 1. The van der Waals surface area contributed by atoms with Gasteiger partial charge in [0, 0.05) is 23.7 Å². The molecule has 0 saturated heterocycles. The Hall–Kier alpha value is -1.95. The minimum absolute atomic E-state index is 0.0248. The number of rotatable bonds is 4. The summed E-state index contributed by atoms with van der Waals surface area (Å²) in [6.45, 7) is 7.36. The maximum absolute atomic E-state index is 11.7. The Labute approximate surface area is 130 Å². The van der Waals surface area contributed by atoms with Crippen LogP contribution in [0.2, 0.25) is 0 Å². The van der Waals surface area contributed by atoms with Gasteiger partial charge in [0.05, 0.1) is 0 Å². The van der Waals surface area contributed by atoms with Crippen LogP contribution in [0.25, 0.3) is 0 Å². The molecule has 1 fully saturated rings. The lowest BCUT2D eigenvalue weighted by Crippen LogP contribution is -2.37. The Morgan fingerprint density at radius 3 is 2.64 bits per heavy atom. The molecule has 3 atom stereocenters. The minimum atomic E-state index is -0.511. The molecular formula is C16H24N2O4. The summed E-state index contributed by atoms with van der Waals surface area (Å²) < 4.78 is 5.21. The van der Waals surface area contributed by atoms with Crippen LogP contribution in [0.4, 0.5) is 4.79 Å². The summed E-state index contributed by atoms with van der Waals surface area (Å²) in [7, 11) is 0. The quantitative estimate of drug-likeness (QED) is 0.641. The molecule has 0 spiro atoms. The third kappa shape index (κ3) is 4.53. The molecule has 1 aliphatic rings. The summed E-state index contributed by atoms with van der Waals surface area (Å²) in [4.78, 5) is 11.7. The standard InChI is InChI=1S/C16H24N2O4/c1-9(11-7-10(19)5-6-14(11)20)17-12-8-13(12)18-15(21)22-16(2,3)4/h5-7,9,12-13,17,19-20H,8H2,1-4H3,(H,18,21). The van der Waals surface area contributed by atoms with Gasteiger partial charge in [0.25, 0.3) is 0 Å². The van der Waals surface area contributed by atoms with E-state index in [0.29, 0.717) is 5.56 Å². The zero-order valence-electron chi connectivity index (χ0n) is 13.4. The van der Waals surface area contributed by atoms with Gasteiger partial charge in [-0.3, -0.25) is 0 Å². The number of phenols is 2. The monoisotopic (exact) mass is 308 g/mol. The van der Waals surface area contributed by atoms with Gasteiger partial charge >= 0.3 is 6.09 Å². The number of nitrogens with one attached hydrogen (secondary N) is 2. The molecule has 0 aromatic heterocycles. The van der Waals surface area contributed by atoms with E-state index in [0.717, 1.165) is 6.42 Å². The Balaban J connectivity index is 1.84. The molecule has 0 radical (unpaired) electrons. The van der Waals surface area contributed by atoms with Crippen molar-refractivity contribution < 1.29 is 19.7 Å². The van der Waals surface area contributed by atoms with Gasteiger partial charge in [-0.2, -0.15) is 0 Å². The lowest BCUT2D eigenvalue weighted by atomic mass is 10.1. The first-order valence-corrected chi connectivity index (χ1v) is 7.43. The molecule has 3 unspecified atom stereocenters. The van der Waals surface area contributed by atoms with Crippen LogP contribution in [-0.4, -0.2) is 34.0 Å². The zero-order valence-corrected chi connectivity index (χ0v) is 13.4. The van der Waals surface area contributed by atoms with Crippen LogP contribution in [0.3, 0.4) is 0 Å². The molecule has 6 heteroatoms. The van der Waals surface area contributed by atoms with Crippen molar-refractivity contribution in [1.29, 1.82) is 0 Å². The van der Waals surface area contributed by atoms with Crippen LogP contribution < -0.4 is 10.6 Å². The van der Waals surface area contributed by atoms with Crippen molar-refractivity contribution in [3.8, 4) is 11.5 Å². The van der Waals surface area contributed by atoms with E-state index in [2.05, 4.69) is 10.6 Å². The number of alkyl carbamates (subject to hydrolysis) is 1. The second kappa shape index (κ2) is 6.04. The molecule has 0 aliphatic heterocycles. The Morgan fingerprint density at radius 1 is 1.32 bits per heavy atom. The molecule has 1 aromatic carbocycles. The van der Waals surface area contributed by atoms with Gasteiger partial charge in [0.15, 0.2) is 0 Å². The fraction of sp³-hybridized carbons (Fsp3) is 0.562. The maximum atomic E-state index is 11.7. The first-order valence-electron chi connectivity index (χ1n) is 7.43. The van der Waals surface area contributed by atoms with Crippen molar-refractivity contribution in [1.82, 2.24) is 10.6 Å². The number of hydrogen-bond donors (Lipinski definition) is 4. The van der Waals surface area contributed by atoms with E-state index >= 15 is 0 Å². The van der Waals surface area contributed by atoms with Crippen LogP contribution in [-0.2, 0) is 4.74 Å². The summed E-state index contributed by atoms with van der Waals surface area (Å²) in [5.74, 6) is 0.246. The average molecular weight is 308 g/mol. The molecule has 1 aromatic rings. The minimum Gasteiger partial charge on any atom is -0.508 e. The van der Waals surface area contributed by atoms with Crippen LogP contribution in [0.15, 0.2) is 18.2 Å². The van der Waals surface area contributed by atoms with Crippen LogP contribution >= 0.6 is 0 Å². The highest BCUT2D eigenvalue weighted by Crippen LogP contribution is 2.31. The third-order valence-corrected chi connectivity index (χ3v) is 3.43. The van der Waals surface area contributed by atoms with Crippen molar-refractivity contribution in [2.45, 2.75) is 57.8 Å². The molecule has 1 aliphatic carbocycles. The molecular weight excluding hydrogens is 284 g/mol. The highest BCUT2D eigenvalue weighted by atomic mass is 16.6. The van der Waals surface area contributed by atoms with Gasteiger partial charge in [-0.05, 0) is 52.3 Å². The zero-order chi connectivity index (χ0) is 16.5. The fourth-order valence-corrected chi connectivity index (χ4v) is 2.30. The van der Waals surface area contributed by atoms with Gasteiger partial charge < -0.3 is 25.6 Å². The topological polar surface area (TPSA) is 90.8 Å². The lowest BCUT2D eigenvalue weighted by Gasteiger charge is -2.20. The van der Waals surface area contributed by atoms with Crippen molar-refractivity contribution in [2.24, 2.45) is 0 Å². The number of hydrogen-bond acceptors (Lipinski definition) is 5. The van der Waals surface area contributed by atoms with Crippen LogP contribution in [0, 0.1) is 0 Å². The third-order valence-electron chi connectivity index (χ3n) is 3.43.